The van der Waals surface area contributed by atoms with Crippen molar-refractivity contribution in [2.24, 2.45) is 5.92 Å². The molecule has 7 rings (SSSR count). The number of anilines is 1. The lowest BCUT2D eigenvalue weighted by atomic mass is 9.80. The highest BCUT2D eigenvalue weighted by molar-refractivity contribution is 6.33. The molecule has 2 aliphatic carbocycles. The SMILES string of the molecule is O=C1CCC(N2C(=O)c3ccc(NCC4CC(n5cc(-c6ncccc6Cl)c(C6CC6)n5)C4)cc3C2=O)C(=O)N1. The van der Waals surface area contributed by atoms with Crippen LogP contribution in [0.4, 0.5) is 5.69 Å². The van der Waals surface area contributed by atoms with Crippen molar-refractivity contribution in [3.05, 3.63) is 64.6 Å². The van der Waals surface area contributed by atoms with Crippen LogP contribution in [-0.2, 0) is 9.59 Å². The molecule has 1 atom stereocenters. The van der Waals surface area contributed by atoms with E-state index in [0.717, 1.165) is 59.8 Å². The van der Waals surface area contributed by atoms with Crippen molar-refractivity contribution >= 4 is 40.9 Å². The molecule has 0 bridgehead atoms. The number of pyridine rings is 1. The monoisotopic (exact) mass is 558 g/mol. The average molecular weight is 559 g/mol. The molecule has 3 fully saturated rings. The number of nitrogens with one attached hydrogen (secondary N) is 2. The molecule has 0 spiro atoms. The quantitative estimate of drug-likeness (QED) is 0.421. The minimum absolute atomic E-state index is 0.0949. The summed E-state index contributed by atoms with van der Waals surface area (Å²) in [5, 5.41) is 11.2. The molecule has 10 nitrogen and oxygen atoms in total. The van der Waals surface area contributed by atoms with Crippen LogP contribution in [0.3, 0.4) is 0 Å². The Labute approximate surface area is 235 Å². The zero-order chi connectivity index (χ0) is 27.5. The number of carbonyl (C=O) groups excluding carboxylic acids is 4. The number of rotatable bonds is 7. The number of halogens is 1. The number of hydrogen-bond acceptors (Lipinski definition) is 7. The highest BCUT2D eigenvalue weighted by Crippen LogP contribution is 2.46. The number of nitrogens with zero attached hydrogens (tertiary/aromatic N) is 4. The van der Waals surface area contributed by atoms with E-state index in [1.54, 1.807) is 24.4 Å². The zero-order valence-electron chi connectivity index (χ0n) is 21.6. The normalized spacial score (nSPS) is 24.1. The fourth-order valence-corrected chi connectivity index (χ4v) is 6.17. The van der Waals surface area contributed by atoms with E-state index in [1.165, 1.54) is 0 Å². The first-order valence-corrected chi connectivity index (χ1v) is 14.0. The van der Waals surface area contributed by atoms with Gasteiger partial charge in [-0.1, -0.05) is 11.6 Å². The van der Waals surface area contributed by atoms with Crippen molar-refractivity contribution in [3.8, 4) is 11.3 Å². The number of aromatic nitrogens is 3. The van der Waals surface area contributed by atoms with Crippen LogP contribution in [0.5, 0.6) is 0 Å². The smallest absolute Gasteiger partial charge is 0.262 e. The van der Waals surface area contributed by atoms with Crippen LogP contribution in [0, 0.1) is 5.92 Å². The number of benzene rings is 1. The minimum Gasteiger partial charge on any atom is -0.385 e. The third-order valence-corrected chi connectivity index (χ3v) is 8.66. The van der Waals surface area contributed by atoms with Gasteiger partial charge in [0.2, 0.25) is 11.8 Å². The predicted molar refractivity (Wildman–Crippen MR) is 146 cm³/mol. The summed E-state index contributed by atoms with van der Waals surface area (Å²) >= 11 is 6.45. The molecule has 4 amide bonds. The number of piperidine rings is 1. The fraction of sp³-hybridized carbons (Fsp3) is 0.379. The fourth-order valence-electron chi connectivity index (χ4n) is 5.94. The van der Waals surface area contributed by atoms with Gasteiger partial charge in [0.25, 0.3) is 11.8 Å². The first-order valence-electron chi connectivity index (χ1n) is 13.7. The molecule has 11 heteroatoms. The van der Waals surface area contributed by atoms with Gasteiger partial charge in [-0.25, -0.2) is 0 Å². The van der Waals surface area contributed by atoms with Crippen molar-refractivity contribution in [1.82, 2.24) is 25.0 Å². The summed E-state index contributed by atoms with van der Waals surface area (Å²) in [6, 6.07) is 8.12. The summed E-state index contributed by atoms with van der Waals surface area (Å²) in [5.74, 6) is -1.09. The topological polar surface area (TPSA) is 126 Å². The van der Waals surface area contributed by atoms with Gasteiger partial charge >= 0.3 is 0 Å². The minimum atomic E-state index is -0.967. The lowest BCUT2D eigenvalue weighted by Crippen LogP contribution is -2.54. The summed E-state index contributed by atoms with van der Waals surface area (Å²) in [6.07, 6.45) is 8.32. The molecule has 204 valence electrons. The van der Waals surface area contributed by atoms with E-state index in [1.807, 2.05) is 12.1 Å². The van der Waals surface area contributed by atoms with E-state index in [0.29, 0.717) is 22.9 Å². The maximum absolute atomic E-state index is 13.1. The van der Waals surface area contributed by atoms with Gasteiger partial charge in [-0.15, -0.1) is 0 Å². The molecule has 1 unspecified atom stereocenters. The van der Waals surface area contributed by atoms with Crippen LogP contribution in [0.15, 0.2) is 42.7 Å². The highest BCUT2D eigenvalue weighted by atomic mass is 35.5. The van der Waals surface area contributed by atoms with Crippen LogP contribution >= 0.6 is 11.6 Å². The van der Waals surface area contributed by atoms with Gasteiger partial charge in [0, 0.05) is 42.5 Å². The summed E-state index contributed by atoms with van der Waals surface area (Å²) in [5.41, 5.74) is 4.20. The number of carbonyl (C=O) groups is 4. The lowest BCUT2D eigenvalue weighted by Gasteiger charge is -2.35. The van der Waals surface area contributed by atoms with E-state index >= 15 is 0 Å². The van der Waals surface area contributed by atoms with Gasteiger partial charge in [0.1, 0.15) is 6.04 Å². The largest absolute Gasteiger partial charge is 0.385 e. The Morgan fingerprint density at radius 1 is 1.00 bits per heavy atom. The molecule has 2 saturated carbocycles. The average Bonchev–Trinajstić information content (AvgIpc) is 3.63. The molecule has 40 heavy (non-hydrogen) atoms. The molecule has 4 aliphatic rings. The summed E-state index contributed by atoms with van der Waals surface area (Å²) in [7, 11) is 0. The van der Waals surface area contributed by atoms with Gasteiger partial charge in [0.05, 0.1) is 33.6 Å². The highest BCUT2D eigenvalue weighted by Gasteiger charge is 2.44. The van der Waals surface area contributed by atoms with Crippen molar-refractivity contribution in [2.75, 3.05) is 11.9 Å². The molecule has 2 aromatic heterocycles. The number of imide groups is 2. The van der Waals surface area contributed by atoms with Crippen LogP contribution < -0.4 is 10.6 Å². The summed E-state index contributed by atoms with van der Waals surface area (Å²) in [4.78, 5) is 55.3. The van der Waals surface area contributed by atoms with E-state index in [4.69, 9.17) is 16.7 Å². The molecule has 4 heterocycles. The van der Waals surface area contributed by atoms with Crippen molar-refractivity contribution in [1.29, 1.82) is 0 Å². The maximum atomic E-state index is 13.1. The van der Waals surface area contributed by atoms with Crippen molar-refractivity contribution in [2.45, 2.75) is 56.5 Å². The third-order valence-electron chi connectivity index (χ3n) is 8.36. The second kappa shape index (κ2) is 9.55. The van der Waals surface area contributed by atoms with Gasteiger partial charge in [-0.05, 0) is 68.4 Å². The summed E-state index contributed by atoms with van der Waals surface area (Å²) in [6.45, 7) is 0.726. The van der Waals surface area contributed by atoms with Crippen LogP contribution in [-0.4, -0.2) is 55.9 Å². The molecule has 2 aliphatic heterocycles. The molecular weight excluding hydrogens is 532 g/mol. The molecule has 1 saturated heterocycles. The molecular formula is C29H27ClN6O4. The molecule has 3 aromatic rings. The van der Waals surface area contributed by atoms with Gasteiger partial charge in [0.15, 0.2) is 0 Å². The third kappa shape index (κ3) is 4.27. The number of hydrogen-bond donors (Lipinski definition) is 2. The number of amides is 4. The Bertz CT molecular complexity index is 1570. The Morgan fingerprint density at radius 2 is 1.80 bits per heavy atom. The number of fused-ring (bicyclic) bond motifs is 1. The van der Waals surface area contributed by atoms with Crippen LogP contribution in [0.2, 0.25) is 5.02 Å². The van der Waals surface area contributed by atoms with Crippen molar-refractivity contribution in [3.63, 3.8) is 0 Å². The second-order valence-corrected chi connectivity index (χ2v) is 11.5. The molecule has 1 aromatic carbocycles. The maximum Gasteiger partial charge on any atom is 0.262 e. The van der Waals surface area contributed by atoms with Gasteiger partial charge in [-0.3, -0.25) is 39.1 Å². The van der Waals surface area contributed by atoms with Gasteiger partial charge in [-0.2, -0.15) is 5.10 Å². The van der Waals surface area contributed by atoms with Crippen LogP contribution in [0.25, 0.3) is 11.3 Å². The Hall–Kier alpha value is -4.05. The molecule has 0 radical (unpaired) electrons. The predicted octanol–water partition coefficient (Wildman–Crippen LogP) is 3.94. The second-order valence-electron chi connectivity index (χ2n) is 11.1. The Balaban J connectivity index is 0.993. The first kappa shape index (κ1) is 25.0. The zero-order valence-corrected chi connectivity index (χ0v) is 22.4. The van der Waals surface area contributed by atoms with E-state index in [9.17, 15) is 19.2 Å². The Kier molecular flexibility index (Phi) is 5.96. The first-order chi connectivity index (χ1) is 19.4. The Morgan fingerprint density at radius 3 is 2.55 bits per heavy atom. The van der Waals surface area contributed by atoms with Crippen LogP contribution in [0.1, 0.15) is 76.9 Å². The van der Waals surface area contributed by atoms with Crippen molar-refractivity contribution < 1.29 is 19.2 Å². The van der Waals surface area contributed by atoms with E-state index < -0.39 is 29.7 Å². The molecule has 2 N–H and O–H groups in total. The summed E-state index contributed by atoms with van der Waals surface area (Å²) < 4.78 is 2.08. The lowest BCUT2D eigenvalue weighted by molar-refractivity contribution is -0.136. The standard InChI is InChI=1S/C29H27ClN6O4/c30-22-2-1-9-31-26(22)21-14-35(34-25(21)16-3-4-16)18-10-15(11-18)13-32-17-5-6-19-20(12-17)29(40)36(28(19)39)23-7-8-24(37)33-27(23)38/h1-2,5-6,9,12,14-16,18,23,32H,3-4,7-8,10-11,13H2,(H,33,37,38). The van der Waals surface area contributed by atoms with E-state index in [-0.39, 0.29) is 24.0 Å². The van der Waals surface area contributed by atoms with Gasteiger partial charge < -0.3 is 5.32 Å². The van der Waals surface area contributed by atoms with E-state index in [2.05, 4.69) is 26.5 Å².